The van der Waals surface area contributed by atoms with Gasteiger partial charge in [0.2, 0.25) is 15.7 Å². The highest BCUT2D eigenvalue weighted by Crippen LogP contribution is 2.41. The summed E-state index contributed by atoms with van der Waals surface area (Å²) in [6.45, 7) is 3.52. The first-order valence-corrected chi connectivity index (χ1v) is 9.04. The van der Waals surface area contributed by atoms with E-state index in [0.29, 0.717) is 0 Å². The van der Waals surface area contributed by atoms with E-state index in [-0.39, 0.29) is 11.5 Å². The topological polar surface area (TPSA) is 70.4 Å². The molecule has 124 valence electrons. The first kappa shape index (κ1) is 16.7. The Morgan fingerprint density at radius 2 is 1.79 bits per heavy atom. The molecule has 0 unspecified atom stereocenters. The monoisotopic (exact) mass is 342 g/mol. The second-order valence-corrected chi connectivity index (χ2v) is 7.76. The Morgan fingerprint density at radius 1 is 1.17 bits per heavy atom. The van der Waals surface area contributed by atoms with E-state index >= 15 is 0 Å². The fraction of sp³-hybridized carbons (Fsp3) is 0.278. The second kappa shape index (κ2) is 6.02. The quantitative estimate of drug-likeness (QED) is 0.860. The van der Waals surface area contributed by atoms with Gasteiger partial charge in [-0.05, 0) is 31.5 Å². The number of ether oxygens (including phenoxy) is 1. The van der Waals surface area contributed by atoms with Crippen molar-refractivity contribution in [2.45, 2.75) is 30.5 Å². The highest BCUT2D eigenvalue weighted by atomic mass is 32.2. The summed E-state index contributed by atoms with van der Waals surface area (Å²) >= 11 is 0. The number of hydrogen-bond acceptors (Lipinski definition) is 4. The Morgan fingerprint density at radius 3 is 2.38 bits per heavy atom. The Bertz CT molecular complexity index is 873. The summed E-state index contributed by atoms with van der Waals surface area (Å²) in [5, 5.41) is 9.53. The normalized spacial score (nSPS) is 24.6. The van der Waals surface area contributed by atoms with Gasteiger partial charge in [0.25, 0.3) is 0 Å². The second-order valence-electron chi connectivity index (χ2n) is 5.95. The molecule has 0 aliphatic carbocycles. The lowest BCUT2D eigenvalue weighted by Crippen LogP contribution is -2.45. The van der Waals surface area contributed by atoms with E-state index in [0.717, 1.165) is 11.1 Å². The first-order chi connectivity index (χ1) is 11.4. The fourth-order valence-electron chi connectivity index (χ4n) is 2.88. The van der Waals surface area contributed by atoms with Crippen LogP contribution < -0.4 is 0 Å². The Kier molecular flexibility index (Phi) is 4.18. The average molecular weight is 342 g/mol. The van der Waals surface area contributed by atoms with Crippen LogP contribution in [0.2, 0.25) is 0 Å². The van der Waals surface area contributed by atoms with Gasteiger partial charge in [-0.15, -0.1) is 4.31 Å². The van der Waals surface area contributed by atoms with Gasteiger partial charge in [0, 0.05) is 0 Å². The summed E-state index contributed by atoms with van der Waals surface area (Å²) < 4.78 is 33.2. The van der Waals surface area contributed by atoms with E-state index in [1.54, 1.807) is 24.3 Å². The highest BCUT2D eigenvalue weighted by Gasteiger charge is 2.52. The fourth-order valence-corrected chi connectivity index (χ4v) is 4.66. The summed E-state index contributed by atoms with van der Waals surface area (Å²) in [6.07, 6.45) is 0. The molecular formula is C18H18N2O3S. The van der Waals surface area contributed by atoms with Crippen molar-refractivity contribution >= 4 is 10.0 Å². The molecule has 2 atom stereocenters. The van der Waals surface area contributed by atoms with E-state index in [1.165, 1.54) is 11.2 Å². The van der Waals surface area contributed by atoms with E-state index in [2.05, 4.69) is 0 Å². The number of nitrogens with zero attached hydrogens (tertiary/aromatic N) is 2. The standard InChI is InChI=1S/C18H18N2O3S/c1-14-8-10-16(11-9-14)24(21,22)20-17(12-23-18(20,2)13-19)15-6-4-3-5-7-15/h3-11,17H,12H2,1-2H3/t17-,18-/m0/s1. The van der Waals surface area contributed by atoms with Gasteiger partial charge in [-0.25, -0.2) is 8.42 Å². The van der Waals surface area contributed by atoms with Gasteiger partial charge in [-0.1, -0.05) is 48.0 Å². The smallest absolute Gasteiger partial charge is 0.246 e. The van der Waals surface area contributed by atoms with Crippen molar-refractivity contribution in [3.05, 3.63) is 65.7 Å². The lowest BCUT2D eigenvalue weighted by atomic mass is 10.1. The molecule has 5 nitrogen and oxygen atoms in total. The molecular weight excluding hydrogens is 324 g/mol. The number of sulfonamides is 1. The molecule has 0 radical (unpaired) electrons. The lowest BCUT2D eigenvalue weighted by molar-refractivity contribution is 0.0183. The van der Waals surface area contributed by atoms with Crippen LogP contribution in [-0.4, -0.2) is 25.1 Å². The van der Waals surface area contributed by atoms with Gasteiger partial charge in [-0.2, -0.15) is 5.26 Å². The van der Waals surface area contributed by atoms with Crippen molar-refractivity contribution in [1.29, 1.82) is 5.26 Å². The van der Waals surface area contributed by atoms with Crippen LogP contribution in [0.5, 0.6) is 0 Å². The maximum Gasteiger partial charge on any atom is 0.246 e. The maximum absolute atomic E-state index is 13.2. The summed E-state index contributed by atoms with van der Waals surface area (Å²) in [7, 11) is -3.89. The van der Waals surface area contributed by atoms with Crippen molar-refractivity contribution in [2.24, 2.45) is 0 Å². The molecule has 1 heterocycles. The van der Waals surface area contributed by atoms with Crippen molar-refractivity contribution in [3.63, 3.8) is 0 Å². The molecule has 2 aromatic rings. The predicted molar refractivity (Wildman–Crippen MR) is 89.4 cm³/mol. The third-order valence-electron chi connectivity index (χ3n) is 4.20. The molecule has 6 heteroatoms. The van der Waals surface area contributed by atoms with Crippen molar-refractivity contribution in [2.75, 3.05) is 6.61 Å². The minimum Gasteiger partial charge on any atom is -0.345 e. The molecule has 0 N–H and O–H groups in total. The minimum absolute atomic E-state index is 0.138. The van der Waals surface area contributed by atoms with Gasteiger partial charge in [0.1, 0.15) is 6.07 Å². The van der Waals surface area contributed by atoms with Crippen molar-refractivity contribution < 1.29 is 13.2 Å². The van der Waals surface area contributed by atoms with Crippen LogP contribution in [0, 0.1) is 18.3 Å². The molecule has 0 aromatic heterocycles. The maximum atomic E-state index is 13.2. The third kappa shape index (κ3) is 2.71. The lowest BCUT2D eigenvalue weighted by Gasteiger charge is -2.30. The number of benzene rings is 2. The molecule has 1 aliphatic rings. The molecule has 0 amide bonds. The largest absolute Gasteiger partial charge is 0.345 e. The van der Waals surface area contributed by atoms with E-state index in [4.69, 9.17) is 4.74 Å². The Balaban J connectivity index is 2.12. The van der Waals surface area contributed by atoms with Gasteiger partial charge in [0.05, 0.1) is 17.5 Å². The average Bonchev–Trinajstić information content (AvgIpc) is 2.95. The first-order valence-electron chi connectivity index (χ1n) is 7.60. The van der Waals surface area contributed by atoms with Gasteiger partial charge in [0.15, 0.2) is 0 Å². The third-order valence-corrected chi connectivity index (χ3v) is 6.18. The molecule has 1 aliphatic heterocycles. The molecule has 2 aromatic carbocycles. The van der Waals surface area contributed by atoms with Crippen LogP contribution in [0.25, 0.3) is 0 Å². The molecule has 0 spiro atoms. The van der Waals surface area contributed by atoms with Crippen LogP contribution >= 0.6 is 0 Å². The zero-order valence-electron chi connectivity index (χ0n) is 13.5. The summed E-state index contributed by atoms with van der Waals surface area (Å²) in [6, 6.07) is 17.3. The van der Waals surface area contributed by atoms with Gasteiger partial charge >= 0.3 is 0 Å². The number of nitriles is 1. The summed E-state index contributed by atoms with van der Waals surface area (Å²) in [5.74, 6) is 0. The van der Waals surface area contributed by atoms with E-state index in [1.807, 2.05) is 43.3 Å². The summed E-state index contributed by atoms with van der Waals surface area (Å²) in [5.41, 5.74) is 0.228. The Labute approximate surface area is 142 Å². The number of hydrogen-bond donors (Lipinski definition) is 0. The minimum atomic E-state index is -3.89. The SMILES string of the molecule is Cc1ccc(S(=O)(=O)N2[C@H](c3ccccc3)CO[C@@]2(C)C#N)cc1. The zero-order chi connectivity index (χ0) is 17.4. The van der Waals surface area contributed by atoms with E-state index in [9.17, 15) is 13.7 Å². The van der Waals surface area contributed by atoms with Crippen LogP contribution in [0.3, 0.4) is 0 Å². The summed E-state index contributed by atoms with van der Waals surface area (Å²) in [4.78, 5) is 0.154. The van der Waals surface area contributed by atoms with Crippen LogP contribution in [-0.2, 0) is 14.8 Å². The van der Waals surface area contributed by atoms with E-state index < -0.39 is 21.8 Å². The number of rotatable bonds is 3. The van der Waals surface area contributed by atoms with Gasteiger partial charge in [-0.3, -0.25) is 0 Å². The van der Waals surface area contributed by atoms with Crippen molar-refractivity contribution in [3.8, 4) is 6.07 Å². The molecule has 24 heavy (non-hydrogen) atoms. The van der Waals surface area contributed by atoms with Gasteiger partial charge < -0.3 is 4.74 Å². The van der Waals surface area contributed by atoms with Crippen LogP contribution in [0.4, 0.5) is 0 Å². The highest BCUT2D eigenvalue weighted by molar-refractivity contribution is 7.89. The predicted octanol–water partition coefficient (Wildman–Crippen LogP) is 3.00. The molecule has 1 saturated heterocycles. The molecule has 1 fully saturated rings. The number of aryl methyl sites for hydroxylation is 1. The zero-order valence-corrected chi connectivity index (χ0v) is 14.3. The molecule has 0 saturated carbocycles. The molecule has 0 bridgehead atoms. The van der Waals surface area contributed by atoms with Crippen LogP contribution in [0.15, 0.2) is 59.5 Å². The molecule has 3 rings (SSSR count). The van der Waals surface area contributed by atoms with Crippen molar-refractivity contribution in [1.82, 2.24) is 4.31 Å². The van der Waals surface area contributed by atoms with Crippen LogP contribution in [0.1, 0.15) is 24.1 Å². The Hall–Kier alpha value is -2.20.